The Hall–Kier alpha value is -0.610. The molecule has 0 aliphatic heterocycles. The Morgan fingerprint density at radius 3 is 2.58 bits per heavy atom. The zero-order valence-electron chi connectivity index (χ0n) is 7.89. The second-order valence-corrected chi connectivity index (χ2v) is 3.29. The van der Waals surface area contributed by atoms with E-state index in [1.54, 1.807) is 0 Å². The van der Waals surface area contributed by atoms with E-state index in [9.17, 15) is 4.79 Å². The Balaban J connectivity index is 3.67. The molecule has 0 aromatic rings. The summed E-state index contributed by atoms with van der Waals surface area (Å²) < 4.78 is 4.46. The molecular weight excluding hydrogens is 158 g/mol. The van der Waals surface area contributed by atoms with Crippen LogP contribution in [-0.4, -0.2) is 36.9 Å². The molecule has 0 amide bonds. The van der Waals surface area contributed by atoms with E-state index >= 15 is 0 Å². The van der Waals surface area contributed by atoms with E-state index in [1.807, 2.05) is 13.8 Å². The van der Waals surface area contributed by atoms with Crippen LogP contribution in [0, 0.1) is 0 Å². The monoisotopic (exact) mass is 175 g/mol. The summed E-state index contributed by atoms with van der Waals surface area (Å²) in [5, 5.41) is 11.6. The largest absolute Gasteiger partial charge is 0.468 e. The molecule has 0 atom stereocenters. The lowest BCUT2D eigenvalue weighted by Gasteiger charge is -2.24. The zero-order valence-corrected chi connectivity index (χ0v) is 7.89. The molecular formula is C8H17NO3. The second-order valence-electron chi connectivity index (χ2n) is 3.29. The van der Waals surface area contributed by atoms with Gasteiger partial charge in [0.1, 0.15) is 0 Å². The van der Waals surface area contributed by atoms with Gasteiger partial charge in [-0.25, -0.2) is 0 Å². The molecule has 2 N–H and O–H groups in total. The first-order valence-corrected chi connectivity index (χ1v) is 3.94. The maximum Gasteiger partial charge on any atom is 0.319 e. The topological polar surface area (TPSA) is 58.6 Å². The van der Waals surface area contributed by atoms with Gasteiger partial charge in [-0.15, -0.1) is 0 Å². The van der Waals surface area contributed by atoms with E-state index in [2.05, 4.69) is 10.1 Å². The van der Waals surface area contributed by atoms with E-state index < -0.39 is 0 Å². The third-order valence-electron chi connectivity index (χ3n) is 1.68. The number of esters is 1. The number of methoxy groups -OCH3 is 1. The fraction of sp³-hybridized carbons (Fsp3) is 0.875. The number of nitrogens with one attached hydrogen (secondary N) is 1. The Morgan fingerprint density at radius 1 is 1.58 bits per heavy atom. The number of aliphatic hydroxyl groups is 1. The van der Waals surface area contributed by atoms with E-state index in [1.165, 1.54) is 7.11 Å². The second kappa shape index (κ2) is 5.11. The highest BCUT2D eigenvalue weighted by atomic mass is 16.5. The van der Waals surface area contributed by atoms with Gasteiger partial charge in [0.2, 0.25) is 0 Å². The molecule has 0 fully saturated rings. The van der Waals surface area contributed by atoms with Crippen LogP contribution < -0.4 is 5.32 Å². The molecule has 0 saturated heterocycles. The summed E-state index contributed by atoms with van der Waals surface area (Å²) in [5.41, 5.74) is -0.219. The SMILES string of the molecule is COC(=O)CNC(C)(C)CCO. The number of aliphatic hydroxyl groups excluding tert-OH is 1. The van der Waals surface area contributed by atoms with Gasteiger partial charge < -0.3 is 15.2 Å². The highest BCUT2D eigenvalue weighted by Crippen LogP contribution is 2.05. The van der Waals surface area contributed by atoms with Crippen LogP contribution in [0.5, 0.6) is 0 Å². The van der Waals surface area contributed by atoms with Gasteiger partial charge in [0, 0.05) is 12.1 Å². The molecule has 0 bridgehead atoms. The van der Waals surface area contributed by atoms with Crippen LogP contribution in [-0.2, 0) is 9.53 Å². The van der Waals surface area contributed by atoms with Crippen LogP contribution >= 0.6 is 0 Å². The van der Waals surface area contributed by atoms with Gasteiger partial charge in [0.25, 0.3) is 0 Å². The lowest BCUT2D eigenvalue weighted by Crippen LogP contribution is -2.43. The molecule has 0 aliphatic rings. The molecule has 12 heavy (non-hydrogen) atoms. The Bertz CT molecular complexity index is 145. The van der Waals surface area contributed by atoms with Crippen molar-refractivity contribution < 1.29 is 14.6 Å². The van der Waals surface area contributed by atoms with Crippen LogP contribution in [0.1, 0.15) is 20.3 Å². The van der Waals surface area contributed by atoms with Crippen molar-refractivity contribution in [2.75, 3.05) is 20.3 Å². The van der Waals surface area contributed by atoms with Gasteiger partial charge >= 0.3 is 5.97 Å². The summed E-state index contributed by atoms with van der Waals surface area (Å²) in [6, 6.07) is 0. The number of carbonyl (C=O) groups is 1. The summed E-state index contributed by atoms with van der Waals surface area (Å²) in [6.07, 6.45) is 0.615. The minimum atomic E-state index is -0.291. The van der Waals surface area contributed by atoms with E-state index in [0.29, 0.717) is 6.42 Å². The highest BCUT2D eigenvalue weighted by Gasteiger charge is 2.17. The van der Waals surface area contributed by atoms with Crippen molar-refractivity contribution in [3.8, 4) is 0 Å². The van der Waals surface area contributed by atoms with Gasteiger partial charge in [-0.05, 0) is 20.3 Å². The fourth-order valence-electron chi connectivity index (χ4n) is 0.752. The predicted molar refractivity (Wildman–Crippen MR) is 45.8 cm³/mol. The highest BCUT2D eigenvalue weighted by molar-refractivity contribution is 5.71. The van der Waals surface area contributed by atoms with Crippen molar-refractivity contribution in [3.63, 3.8) is 0 Å². The van der Waals surface area contributed by atoms with Gasteiger partial charge in [0.05, 0.1) is 13.7 Å². The van der Waals surface area contributed by atoms with E-state index in [-0.39, 0.29) is 24.7 Å². The van der Waals surface area contributed by atoms with Gasteiger partial charge in [-0.3, -0.25) is 4.79 Å². The third kappa shape index (κ3) is 5.09. The average Bonchev–Trinajstić information content (AvgIpc) is 2.00. The summed E-state index contributed by atoms with van der Waals surface area (Å²) in [4.78, 5) is 10.7. The van der Waals surface area contributed by atoms with Gasteiger partial charge in [-0.2, -0.15) is 0 Å². The molecule has 72 valence electrons. The van der Waals surface area contributed by atoms with Crippen molar-refractivity contribution in [2.24, 2.45) is 0 Å². The Morgan fingerprint density at radius 2 is 2.17 bits per heavy atom. The molecule has 0 aromatic carbocycles. The smallest absolute Gasteiger partial charge is 0.319 e. The maximum atomic E-state index is 10.7. The number of hydrogen-bond acceptors (Lipinski definition) is 4. The standard InChI is InChI=1S/C8H17NO3/c1-8(2,4-5-10)9-6-7(11)12-3/h9-10H,4-6H2,1-3H3. The molecule has 0 aliphatic carbocycles. The van der Waals surface area contributed by atoms with Crippen LogP contribution in [0.2, 0.25) is 0 Å². The molecule has 0 radical (unpaired) electrons. The van der Waals surface area contributed by atoms with Crippen molar-refractivity contribution in [2.45, 2.75) is 25.8 Å². The normalized spacial score (nSPS) is 11.3. The summed E-state index contributed by atoms with van der Waals surface area (Å²) in [7, 11) is 1.35. The summed E-state index contributed by atoms with van der Waals surface area (Å²) in [5.74, 6) is -0.291. The quantitative estimate of drug-likeness (QED) is 0.573. The van der Waals surface area contributed by atoms with Crippen molar-refractivity contribution >= 4 is 5.97 Å². The third-order valence-corrected chi connectivity index (χ3v) is 1.68. The number of carbonyl (C=O) groups excluding carboxylic acids is 1. The van der Waals surface area contributed by atoms with Crippen molar-refractivity contribution in [1.29, 1.82) is 0 Å². The summed E-state index contributed by atoms with van der Waals surface area (Å²) >= 11 is 0. The van der Waals surface area contributed by atoms with E-state index in [4.69, 9.17) is 5.11 Å². The number of ether oxygens (including phenoxy) is 1. The van der Waals surface area contributed by atoms with Crippen molar-refractivity contribution in [3.05, 3.63) is 0 Å². The average molecular weight is 175 g/mol. The molecule has 0 heterocycles. The molecule has 4 heteroatoms. The molecule has 0 unspecified atom stereocenters. The first-order valence-electron chi connectivity index (χ1n) is 3.94. The Kier molecular flexibility index (Phi) is 4.85. The first-order chi connectivity index (χ1) is 5.52. The van der Waals surface area contributed by atoms with Crippen LogP contribution in [0.3, 0.4) is 0 Å². The summed E-state index contributed by atoms with van der Waals surface area (Å²) in [6.45, 7) is 4.14. The molecule has 0 spiro atoms. The lowest BCUT2D eigenvalue weighted by atomic mass is 10.0. The predicted octanol–water partition coefficient (Wildman–Crippen LogP) is -0.0900. The number of rotatable bonds is 5. The van der Waals surface area contributed by atoms with Crippen molar-refractivity contribution in [1.82, 2.24) is 5.32 Å². The molecule has 0 saturated carbocycles. The first kappa shape index (κ1) is 11.4. The minimum Gasteiger partial charge on any atom is -0.468 e. The number of hydrogen-bond donors (Lipinski definition) is 2. The fourth-order valence-corrected chi connectivity index (χ4v) is 0.752. The van der Waals surface area contributed by atoms with E-state index in [0.717, 1.165) is 0 Å². The minimum absolute atomic E-state index is 0.112. The van der Waals surface area contributed by atoms with Crippen LogP contribution in [0.4, 0.5) is 0 Å². The molecule has 0 rings (SSSR count). The van der Waals surface area contributed by atoms with Gasteiger partial charge in [0.15, 0.2) is 0 Å². The lowest BCUT2D eigenvalue weighted by molar-refractivity contribution is -0.139. The van der Waals surface area contributed by atoms with Gasteiger partial charge in [-0.1, -0.05) is 0 Å². The maximum absolute atomic E-state index is 10.7. The molecule has 4 nitrogen and oxygen atoms in total. The Labute approximate surface area is 72.9 Å². The zero-order chi connectivity index (χ0) is 9.61. The van der Waals surface area contributed by atoms with Crippen LogP contribution in [0.15, 0.2) is 0 Å². The molecule has 0 aromatic heterocycles. The van der Waals surface area contributed by atoms with Crippen LogP contribution in [0.25, 0.3) is 0 Å².